The number of aliphatic carboxylic acids is 1. The number of amides is 1. The summed E-state index contributed by atoms with van der Waals surface area (Å²) >= 11 is 0. The summed E-state index contributed by atoms with van der Waals surface area (Å²) in [5, 5.41) is 9.31. The highest BCUT2D eigenvalue weighted by Gasteiger charge is 2.38. The van der Waals surface area contributed by atoms with Gasteiger partial charge in [-0.3, -0.25) is 4.79 Å². The van der Waals surface area contributed by atoms with Crippen molar-refractivity contribution in [3.05, 3.63) is 23.5 Å². The van der Waals surface area contributed by atoms with Gasteiger partial charge in [0.25, 0.3) is 5.91 Å². The molecule has 1 aromatic rings. The number of rotatable bonds is 4. The zero-order chi connectivity index (χ0) is 12.7. The second-order valence-corrected chi connectivity index (χ2v) is 5.16. The number of fused-ring (bicyclic) bond motifs is 1. The molecule has 0 saturated heterocycles. The molecule has 1 unspecified atom stereocenters. The second-order valence-electron chi connectivity index (χ2n) is 5.16. The lowest BCUT2D eigenvalue weighted by Gasteiger charge is -2.32. The van der Waals surface area contributed by atoms with Gasteiger partial charge < -0.3 is 15.0 Å². The quantitative estimate of drug-likeness (QED) is 0.842. The monoisotopic (exact) mass is 248 g/mol. The van der Waals surface area contributed by atoms with Gasteiger partial charge in [-0.2, -0.15) is 0 Å². The van der Waals surface area contributed by atoms with E-state index in [1.165, 1.54) is 4.90 Å². The Morgan fingerprint density at radius 1 is 1.56 bits per heavy atom. The Hall–Kier alpha value is -1.78. The molecule has 2 heterocycles. The van der Waals surface area contributed by atoms with Gasteiger partial charge in [0.1, 0.15) is 11.7 Å². The third-order valence-corrected chi connectivity index (χ3v) is 3.84. The Balaban J connectivity index is 1.82. The number of carbonyl (C=O) groups is 2. The van der Waals surface area contributed by atoms with Crippen LogP contribution in [0.5, 0.6) is 0 Å². The fourth-order valence-corrected chi connectivity index (χ4v) is 2.62. The van der Waals surface area contributed by atoms with Crippen molar-refractivity contribution in [2.45, 2.75) is 31.7 Å². The van der Waals surface area contributed by atoms with Gasteiger partial charge in [-0.15, -0.1) is 0 Å². The molecule has 1 saturated carbocycles. The zero-order valence-electron chi connectivity index (χ0n) is 10.1. The van der Waals surface area contributed by atoms with E-state index in [9.17, 15) is 14.7 Å². The molecule has 18 heavy (non-hydrogen) atoms. The van der Waals surface area contributed by atoms with Crippen LogP contribution < -0.4 is 0 Å². The lowest BCUT2D eigenvalue weighted by Crippen LogP contribution is -2.48. The topological polar surface area (TPSA) is 73.4 Å². The van der Waals surface area contributed by atoms with Gasteiger partial charge in [-0.05, 0) is 30.4 Å². The fraction of sp³-hybridized carbons (Fsp3) is 0.538. The average Bonchev–Trinajstić information content (AvgIpc) is 3.02. The van der Waals surface area contributed by atoms with E-state index in [-0.39, 0.29) is 5.91 Å². The average molecular weight is 248 g/mol. The Labute approximate surface area is 105 Å². The van der Waals surface area contributed by atoms with Crippen LogP contribution in [0.25, 0.3) is 0 Å². The number of nitrogens with one attached hydrogen (secondary N) is 1. The number of carbonyl (C=O) groups excluding carboxylic acids is 1. The summed E-state index contributed by atoms with van der Waals surface area (Å²) < 4.78 is 0. The summed E-state index contributed by atoms with van der Waals surface area (Å²) in [6.07, 6.45) is 5.26. The van der Waals surface area contributed by atoms with Crippen molar-refractivity contribution in [1.29, 1.82) is 0 Å². The van der Waals surface area contributed by atoms with Crippen LogP contribution in [-0.4, -0.2) is 39.5 Å². The van der Waals surface area contributed by atoms with E-state index >= 15 is 0 Å². The van der Waals surface area contributed by atoms with Crippen LogP contribution in [0, 0.1) is 5.92 Å². The molecule has 1 aromatic heterocycles. The Kier molecular flexibility index (Phi) is 2.61. The molecule has 1 atom stereocenters. The van der Waals surface area contributed by atoms with E-state index in [4.69, 9.17) is 0 Å². The van der Waals surface area contributed by atoms with E-state index < -0.39 is 12.0 Å². The lowest BCUT2D eigenvalue weighted by molar-refractivity contribution is -0.142. The summed E-state index contributed by atoms with van der Waals surface area (Å²) in [5.41, 5.74) is 1.55. The number of aromatic nitrogens is 1. The maximum absolute atomic E-state index is 12.3. The Morgan fingerprint density at radius 3 is 3.00 bits per heavy atom. The molecule has 0 radical (unpaired) electrons. The molecule has 0 spiro atoms. The summed E-state index contributed by atoms with van der Waals surface area (Å²) in [5.74, 6) is -0.566. The molecular formula is C13H16N2O3. The highest BCUT2D eigenvalue weighted by Crippen LogP contribution is 2.35. The molecule has 2 N–H and O–H groups in total. The van der Waals surface area contributed by atoms with Crippen LogP contribution in [0.3, 0.4) is 0 Å². The smallest absolute Gasteiger partial charge is 0.326 e. The van der Waals surface area contributed by atoms with Crippen molar-refractivity contribution < 1.29 is 14.7 Å². The third-order valence-electron chi connectivity index (χ3n) is 3.84. The van der Waals surface area contributed by atoms with Crippen LogP contribution >= 0.6 is 0 Å². The maximum atomic E-state index is 12.3. The first-order chi connectivity index (χ1) is 8.66. The highest BCUT2D eigenvalue weighted by atomic mass is 16.4. The molecule has 5 nitrogen and oxygen atoms in total. The summed E-state index contributed by atoms with van der Waals surface area (Å²) in [7, 11) is 0. The molecular weight excluding hydrogens is 232 g/mol. The van der Waals surface area contributed by atoms with Crippen molar-refractivity contribution >= 4 is 11.9 Å². The Morgan fingerprint density at radius 2 is 2.33 bits per heavy atom. The normalized spacial score (nSPS) is 20.7. The molecule has 0 aromatic carbocycles. The molecule has 1 fully saturated rings. The molecule has 2 aliphatic rings. The van der Waals surface area contributed by atoms with Crippen LogP contribution in [0.4, 0.5) is 0 Å². The molecule has 1 aliphatic heterocycles. The van der Waals surface area contributed by atoms with E-state index in [1.807, 2.05) is 6.07 Å². The molecule has 1 amide bonds. The lowest BCUT2D eigenvalue weighted by atomic mass is 10.0. The van der Waals surface area contributed by atoms with Gasteiger partial charge in [-0.1, -0.05) is 12.8 Å². The predicted octanol–water partition coefficient (Wildman–Crippen LogP) is 1.27. The largest absolute Gasteiger partial charge is 0.480 e. The van der Waals surface area contributed by atoms with Gasteiger partial charge >= 0.3 is 5.97 Å². The van der Waals surface area contributed by atoms with Gasteiger partial charge in [0.05, 0.1) is 0 Å². The minimum atomic E-state index is -0.884. The minimum Gasteiger partial charge on any atom is -0.480 e. The van der Waals surface area contributed by atoms with Gasteiger partial charge in [0.15, 0.2) is 0 Å². The van der Waals surface area contributed by atoms with Crippen molar-refractivity contribution in [3.63, 3.8) is 0 Å². The standard InChI is InChI=1S/C13H16N2O3/c16-12-11-9(3-5-14-11)4-6-15(12)10(13(17)18)7-8-1-2-8/h3,5,8,10,14H,1-2,4,6-7H2,(H,17,18). The predicted molar refractivity (Wildman–Crippen MR) is 64.3 cm³/mol. The summed E-state index contributed by atoms with van der Waals surface area (Å²) in [4.78, 5) is 28.0. The number of nitrogens with zero attached hydrogens (tertiary/aromatic N) is 1. The van der Waals surface area contributed by atoms with Crippen molar-refractivity contribution in [2.75, 3.05) is 6.54 Å². The maximum Gasteiger partial charge on any atom is 0.326 e. The molecule has 3 rings (SSSR count). The van der Waals surface area contributed by atoms with Crippen LogP contribution in [0.2, 0.25) is 0 Å². The minimum absolute atomic E-state index is 0.172. The molecule has 0 bridgehead atoms. The van der Waals surface area contributed by atoms with E-state index in [0.717, 1.165) is 24.8 Å². The summed E-state index contributed by atoms with van der Waals surface area (Å²) in [6.45, 7) is 0.507. The number of carboxylic acid groups (broad SMARTS) is 1. The zero-order valence-corrected chi connectivity index (χ0v) is 10.1. The van der Waals surface area contributed by atoms with E-state index in [1.54, 1.807) is 6.20 Å². The first-order valence-corrected chi connectivity index (χ1v) is 6.37. The van der Waals surface area contributed by atoms with Crippen molar-refractivity contribution in [1.82, 2.24) is 9.88 Å². The number of hydrogen-bond donors (Lipinski definition) is 2. The number of H-pyrrole nitrogens is 1. The van der Waals surface area contributed by atoms with Gasteiger partial charge in [0, 0.05) is 12.7 Å². The van der Waals surface area contributed by atoms with Crippen LogP contribution in [0.1, 0.15) is 35.3 Å². The molecule has 5 heteroatoms. The van der Waals surface area contributed by atoms with Crippen LogP contribution in [-0.2, 0) is 11.2 Å². The first-order valence-electron chi connectivity index (χ1n) is 6.37. The summed E-state index contributed by atoms with van der Waals surface area (Å²) in [6, 6.07) is 1.22. The van der Waals surface area contributed by atoms with E-state index in [0.29, 0.717) is 24.6 Å². The fourth-order valence-electron chi connectivity index (χ4n) is 2.62. The third kappa shape index (κ3) is 1.89. The van der Waals surface area contributed by atoms with Crippen molar-refractivity contribution in [3.8, 4) is 0 Å². The second kappa shape index (κ2) is 4.15. The van der Waals surface area contributed by atoms with Gasteiger partial charge in [-0.25, -0.2) is 4.79 Å². The Bertz CT molecular complexity index is 490. The number of carboxylic acids is 1. The molecule has 1 aliphatic carbocycles. The highest BCUT2D eigenvalue weighted by molar-refractivity contribution is 5.97. The molecule has 96 valence electrons. The number of hydrogen-bond acceptors (Lipinski definition) is 2. The van der Waals surface area contributed by atoms with Crippen molar-refractivity contribution in [2.24, 2.45) is 5.92 Å². The SMILES string of the molecule is O=C(O)C(CC1CC1)N1CCc2cc[nH]c2C1=O. The van der Waals surface area contributed by atoms with E-state index in [2.05, 4.69) is 4.98 Å². The van der Waals surface area contributed by atoms with Gasteiger partial charge in [0.2, 0.25) is 0 Å². The van der Waals surface area contributed by atoms with Crippen LogP contribution in [0.15, 0.2) is 12.3 Å². The first kappa shape index (κ1) is 11.3. The number of aromatic amines is 1.